The summed E-state index contributed by atoms with van der Waals surface area (Å²) in [6, 6.07) is 12.4. The summed E-state index contributed by atoms with van der Waals surface area (Å²) in [6.45, 7) is -2.97. The van der Waals surface area contributed by atoms with Crippen LogP contribution in [-0.4, -0.2) is 32.7 Å². The number of aromatic nitrogens is 4. The minimum Gasteiger partial charge on any atom is -0.433 e. The largest absolute Gasteiger partial charge is 0.433 e. The number of amides is 1. The van der Waals surface area contributed by atoms with Crippen LogP contribution in [-0.2, 0) is 0 Å². The minimum absolute atomic E-state index is 0.105. The lowest BCUT2D eigenvalue weighted by atomic mass is 10.2. The Balaban J connectivity index is 1.76. The van der Waals surface area contributed by atoms with Crippen LogP contribution in [0.15, 0.2) is 54.9 Å². The van der Waals surface area contributed by atoms with Gasteiger partial charge in [-0.1, -0.05) is 12.1 Å². The van der Waals surface area contributed by atoms with Crippen molar-refractivity contribution in [2.75, 3.05) is 5.32 Å². The average molecular weight is 331 g/mol. The topological polar surface area (TPSA) is 81.9 Å². The normalized spacial score (nSPS) is 10.6. The Labute approximate surface area is 134 Å². The molecular formula is C15H11F2N5O2. The van der Waals surface area contributed by atoms with E-state index in [0.717, 1.165) is 0 Å². The van der Waals surface area contributed by atoms with E-state index in [2.05, 4.69) is 25.6 Å². The van der Waals surface area contributed by atoms with E-state index in [1.807, 2.05) is 0 Å². The number of halogens is 2. The van der Waals surface area contributed by atoms with Crippen molar-refractivity contribution in [3.63, 3.8) is 0 Å². The van der Waals surface area contributed by atoms with Crippen LogP contribution in [0.2, 0.25) is 0 Å². The minimum atomic E-state index is -2.97. The van der Waals surface area contributed by atoms with E-state index in [1.54, 1.807) is 30.3 Å². The summed E-state index contributed by atoms with van der Waals surface area (Å²) >= 11 is 0. The summed E-state index contributed by atoms with van der Waals surface area (Å²) in [7, 11) is 0. The number of rotatable bonds is 5. The molecule has 3 aromatic rings. The van der Waals surface area contributed by atoms with Gasteiger partial charge in [0.05, 0.1) is 11.4 Å². The van der Waals surface area contributed by atoms with Crippen LogP contribution in [0.3, 0.4) is 0 Å². The number of alkyl halides is 2. The molecule has 0 aliphatic rings. The molecular weight excluding hydrogens is 320 g/mol. The van der Waals surface area contributed by atoms with Gasteiger partial charge in [0.25, 0.3) is 5.91 Å². The van der Waals surface area contributed by atoms with Crippen molar-refractivity contribution >= 4 is 11.6 Å². The molecule has 0 saturated heterocycles. The van der Waals surface area contributed by atoms with Gasteiger partial charge < -0.3 is 10.1 Å². The molecule has 7 nitrogen and oxygen atoms in total. The Hall–Kier alpha value is -3.36. The molecule has 1 aromatic heterocycles. The number of anilines is 1. The first-order valence-electron chi connectivity index (χ1n) is 6.82. The number of tetrazole rings is 1. The molecule has 1 amide bonds. The summed E-state index contributed by atoms with van der Waals surface area (Å²) in [5, 5.41) is 13.3. The second-order valence-electron chi connectivity index (χ2n) is 4.63. The van der Waals surface area contributed by atoms with Gasteiger partial charge in [-0.15, -0.1) is 5.10 Å². The van der Waals surface area contributed by atoms with Crippen LogP contribution in [0.1, 0.15) is 10.4 Å². The molecule has 9 heteroatoms. The van der Waals surface area contributed by atoms with E-state index in [1.165, 1.54) is 29.2 Å². The third kappa shape index (κ3) is 3.51. The highest BCUT2D eigenvalue weighted by molar-refractivity contribution is 6.05. The number of nitrogens with zero attached hydrogens (tertiary/aromatic N) is 4. The Bertz CT molecular complexity index is 822. The predicted molar refractivity (Wildman–Crippen MR) is 80.2 cm³/mol. The molecule has 0 bridgehead atoms. The number of benzene rings is 2. The summed E-state index contributed by atoms with van der Waals surface area (Å²) in [5.74, 6) is -0.560. The van der Waals surface area contributed by atoms with Crippen molar-refractivity contribution < 1.29 is 18.3 Å². The summed E-state index contributed by atoms with van der Waals surface area (Å²) in [6.07, 6.45) is 1.42. The molecule has 0 saturated carbocycles. The van der Waals surface area contributed by atoms with Crippen LogP contribution in [0, 0.1) is 0 Å². The Morgan fingerprint density at radius 3 is 2.54 bits per heavy atom. The zero-order valence-corrected chi connectivity index (χ0v) is 12.1. The molecule has 2 aromatic carbocycles. The molecule has 0 spiro atoms. The first kappa shape index (κ1) is 15.5. The van der Waals surface area contributed by atoms with Gasteiger partial charge in [-0.2, -0.15) is 8.78 Å². The van der Waals surface area contributed by atoms with E-state index in [-0.39, 0.29) is 11.4 Å². The van der Waals surface area contributed by atoms with Gasteiger partial charge in [0.1, 0.15) is 12.1 Å². The fraction of sp³-hybridized carbons (Fsp3) is 0.0667. The lowest BCUT2D eigenvalue weighted by Crippen LogP contribution is -2.14. The highest BCUT2D eigenvalue weighted by atomic mass is 19.3. The zero-order valence-electron chi connectivity index (χ0n) is 12.1. The lowest BCUT2D eigenvalue weighted by molar-refractivity contribution is -0.0493. The van der Waals surface area contributed by atoms with Crippen molar-refractivity contribution in [1.82, 2.24) is 20.2 Å². The monoisotopic (exact) mass is 331 g/mol. The summed E-state index contributed by atoms with van der Waals surface area (Å²) < 4.78 is 30.6. The second-order valence-corrected chi connectivity index (χ2v) is 4.63. The smallest absolute Gasteiger partial charge is 0.387 e. The number of hydrogen-bond acceptors (Lipinski definition) is 5. The molecule has 0 aliphatic heterocycles. The summed E-state index contributed by atoms with van der Waals surface area (Å²) in [4.78, 5) is 12.2. The number of nitrogens with one attached hydrogen (secondary N) is 1. The molecule has 0 atom stereocenters. The molecule has 0 radical (unpaired) electrons. The molecule has 1 heterocycles. The maximum absolute atomic E-state index is 12.4. The second kappa shape index (κ2) is 6.82. The third-order valence-electron chi connectivity index (χ3n) is 3.09. The maximum Gasteiger partial charge on any atom is 0.387 e. The lowest BCUT2D eigenvalue weighted by Gasteiger charge is -2.11. The number of para-hydroxylation sites is 2. The van der Waals surface area contributed by atoms with Gasteiger partial charge in [0.2, 0.25) is 0 Å². The Morgan fingerprint density at radius 2 is 1.88 bits per heavy atom. The number of carbonyl (C=O) groups is 1. The van der Waals surface area contributed by atoms with Crippen LogP contribution in [0.5, 0.6) is 5.75 Å². The average Bonchev–Trinajstić information content (AvgIpc) is 3.11. The van der Waals surface area contributed by atoms with E-state index in [0.29, 0.717) is 11.3 Å². The standard InChI is InChI=1S/C15H11F2N5O2/c16-15(17)24-13-4-2-1-3-12(13)19-14(23)10-5-7-11(8-6-10)22-9-18-20-21-22/h1-9,15H,(H,19,23). The van der Waals surface area contributed by atoms with Crippen LogP contribution in [0.4, 0.5) is 14.5 Å². The third-order valence-corrected chi connectivity index (χ3v) is 3.09. The van der Waals surface area contributed by atoms with Gasteiger partial charge in [-0.3, -0.25) is 4.79 Å². The van der Waals surface area contributed by atoms with E-state index < -0.39 is 12.5 Å². The SMILES string of the molecule is O=C(Nc1ccccc1OC(F)F)c1ccc(-n2cnnn2)cc1. The Morgan fingerprint density at radius 1 is 1.12 bits per heavy atom. The van der Waals surface area contributed by atoms with Crippen LogP contribution >= 0.6 is 0 Å². The van der Waals surface area contributed by atoms with Gasteiger partial charge in [0, 0.05) is 5.56 Å². The van der Waals surface area contributed by atoms with Gasteiger partial charge in [-0.05, 0) is 46.8 Å². The molecule has 1 N–H and O–H groups in total. The van der Waals surface area contributed by atoms with E-state index >= 15 is 0 Å². The van der Waals surface area contributed by atoms with Gasteiger partial charge >= 0.3 is 6.61 Å². The first-order valence-corrected chi connectivity index (χ1v) is 6.82. The fourth-order valence-electron chi connectivity index (χ4n) is 2.01. The molecule has 122 valence electrons. The molecule has 0 fully saturated rings. The molecule has 0 unspecified atom stereocenters. The van der Waals surface area contributed by atoms with Gasteiger partial charge in [-0.25, -0.2) is 4.68 Å². The number of carbonyl (C=O) groups excluding carboxylic acids is 1. The molecule has 24 heavy (non-hydrogen) atoms. The van der Waals surface area contributed by atoms with Gasteiger partial charge in [0.15, 0.2) is 0 Å². The summed E-state index contributed by atoms with van der Waals surface area (Å²) in [5.41, 5.74) is 1.18. The number of ether oxygens (including phenoxy) is 1. The number of hydrogen-bond donors (Lipinski definition) is 1. The van der Waals surface area contributed by atoms with Crippen molar-refractivity contribution in [2.24, 2.45) is 0 Å². The maximum atomic E-state index is 12.4. The van der Waals surface area contributed by atoms with Crippen molar-refractivity contribution in [3.8, 4) is 11.4 Å². The fourth-order valence-corrected chi connectivity index (χ4v) is 2.01. The van der Waals surface area contributed by atoms with E-state index in [9.17, 15) is 13.6 Å². The van der Waals surface area contributed by atoms with Crippen LogP contribution < -0.4 is 10.1 Å². The molecule has 3 rings (SSSR count). The molecule has 0 aliphatic carbocycles. The van der Waals surface area contributed by atoms with Crippen molar-refractivity contribution in [1.29, 1.82) is 0 Å². The Kier molecular flexibility index (Phi) is 4.41. The highest BCUT2D eigenvalue weighted by Gasteiger charge is 2.13. The van der Waals surface area contributed by atoms with E-state index in [4.69, 9.17) is 0 Å². The quantitative estimate of drug-likeness (QED) is 0.777. The zero-order chi connectivity index (χ0) is 16.9. The van der Waals surface area contributed by atoms with Crippen molar-refractivity contribution in [2.45, 2.75) is 6.61 Å². The highest BCUT2D eigenvalue weighted by Crippen LogP contribution is 2.26. The first-order chi connectivity index (χ1) is 11.6. The van der Waals surface area contributed by atoms with Crippen molar-refractivity contribution in [3.05, 3.63) is 60.4 Å². The van der Waals surface area contributed by atoms with Crippen LogP contribution in [0.25, 0.3) is 5.69 Å². The predicted octanol–water partition coefficient (Wildman–Crippen LogP) is 2.52.